The SMILES string of the molecule is CC(C)(O)CCNCc1ccc(N2C[C@H](NC(=O)c3nnc(CCc4ccc(Cl)cc4)s3)CC2=O)cc1. The van der Waals surface area contributed by atoms with Crippen molar-refractivity contribution in [1.29, 1.82) is 0 Å². The van der Waals surface area contributed by atoms with Crippen molar-refractivity contribution in [3.8, 4) is 0 Å². The van der Waals surface area contributed by atoms with E-state index in [2.05, 4.69) is 20.8 Å². The highest BCUT2D eigenvalue weighted by Gasteiger charge is 2.32. The normalized spacial score (nSPS) is 15.8. The number of rotatable bonds is 11. The van der Waals surface area contributed by atoms with Crippen molar-refractivity contribution < 1.29 is 14.7 Å². The number of nitrogens with zero attached hydrogens (tertiary/aromatic N) is 3. The number of hydrogen-bond acceptors (Lipinski definition) is 7. The second kappa shape index (κ2) is 12.1. The molecule has 10 heteroatoms. The minimum atomic E-state index is -0.685. The highest BCUT2D eigenvalue weighted by molar-refractivity contribution is 7.13. The average Bonchev–Trinajstić information content (AvgIpc) is 3.48. The third-order valence-electron chi connectivity index (χ3n) is 6.15. The first-order chi connectivity index (χ1) is 17.7. The molecule has 2 amide bonds. The van der Waals surface area contributed by atoms with Gasteiger partial charge in [0.2, 0.25) is 10.9 Å². The molecule has 4 rings (SSSR count). The fourth-order valence-corrected chi connectivity index (χ4v) is 4.94. The number of aromatic nitrogens is 2. The molecule has 1 saturated heterocycles. The zero-order chi connectivity index (χ0) is 26.4. The Kier molecular flexibility index (Phi) is 8.91. The molecule has 0 unspecified atom stereocenters. The topological polar surface area (TPSA) is 107 Å². The predicted molar refractivity (Wildman–Crippen MR) is 146 cm³/mol. The van der Waals surface area contributed by atoms with Gasteiger partial charge in [-0.1, -0.05) is 47.2 Å². The van der Waals surface area contributed by atoms with Gasteiger partial charge < -0.3 is 20.6 Å². The van der Waals surface area contributed by atoms with Gasteiger partial charge >= 0.3 is 0 Å². The number of amides is 2. The number of carbonyl (C=O) groups excluding carboxylic acids is 2. The summed E-state index contributed by atoms with van der Waals surface area (Å²) in [5, 5.41) is 26.1. The zero-order valence-corrected chi connectivity index (χ0v) is 22.6. The van der Waals surface area contributed by atoms with Gasteiger partial charge in [-0.05, 0) is 68.6 Å². The van der Waals surface area contributed by atoms with Gasteiger partial charge in [0.25, 0.3) is 5.91 Å². The Hall–Kier alpha value is -2.85. The van der Waals surface area contributed by atoms with Gasteiger partial charge in [0.1, 0.15) is 5.01 Å². The summed E-state index contributed by atoms with van der Waals surface area (Å²) in [7, 11) is 0. The van der Waals surface area contributed by atoms with Crippen LogP contribution in [0.3, 0.4) is 0 Å². The van der Waals surface area contributed by atoms with Crippen LogP contribution in [-0.4, -0.2) is 51.9 Å². The minimum absolute atomic E-state index is 0.0257. The summed E-state index contributed by atoms with van der Waals surface area (Å²) in [6.45, 7) is 5.40. The molecule has 196 valence electrons. The number of aryl methyl sites for hydroxylation is 2. The van der Waals surface area contributed by atoms with Gasteiger partial charge in [0, 0.05) is 36.6 Å². The van der Waals surface area contributed by atoms with Gasteiger partial charge in [-0.15, -0.1) is 10.2 Å². The van der Waals surface area contributed by atoms with Crippen molar-refractivity contribution in [2.24, 2.45) is 0 Å². The van der Waals surface area contributed by atoms with E-state index in [-0.39, 0.29) is 24.3 Å². The monoisotopic (exact) mass is 541 g/mol. The van der Waals surface area contributed by atoms with Crippen LogP contribution < -0.4 is 15.5 Å². The summed E-state index contributed by atoms with van der Waals surface area (Å²) < 4.78 is 0. The molecule has 3 N–H and O–H groups in total. The van der Waals surface area contributed by atoms with Gasteiger partial charge in [-0.3, -0.25) is 9.59 Å². The number of hydrogen-bond donors (Lipinski definition) is 3. The minimum Gasteiger partial charge on any atom is -0.390 e. The Labute approximate surface area is 226 Å². The van der Waals surface area contributed by atoms with Crippen LogP contribution in [0.15, 0.2) is 48.5 Å². The van der Waals surface area contributed by atoms with E-state index < -0.39 is 5.60 Å². The van der Waals surface area contributed by atoms with Crippen LogP contribution in [-0.2, 0) is 24.2 Å². The van der Waals surface area contributed by atoms with E-state index in [4.69, 9.17) is 11.6 Å². The summed E-state index contributed by atoms with van der Waals surface area (Å²) in [5.74, 6) is -0.329. The van der Waals surface area contributed by atoms with Crippen molar-refractivity contribution in [1.82, 2.24) is 20.8 Å². The molecule has 2 heterocycles. The largest absolute Gasteiger partial charge is 0.390 e. The van der Waals surface area contributed by atoms with Crippen molar-refractivity contribution in [2.75, 3.05) is 18.0 Å². The molecule has 0 saturated carbocycles. The Bertz CT molecular complexity index is 1210. The molecule has 0 aliphatic carbocycles. The smallest absolute Gasteiger partial charge is 0.282 e. The van der Waals surface area contributed by atoms with Crippen molar-refractivity contribution in [2.45, 2.75) is 57.7 Å². The zero-order valence-electron chi connectivity index (χ0n) is 21.0. The van der Waals surface area contributed by atoms with Crippen molar-refractivity contribution >= 4 is 40.4 Å². The lowest BCUT2D eigenvalue weighted by Crippen LogP contribution is -2.37. The fraction of sp³-hybridized carbons (Fsp3) is 0.407. The van der Waals surface area contributed by atoms with E-state index in [0.717, 1.165) is 34.8 Å². The van der Waals surface area contributed by atoms with E-state index in [0.29, 0.717) is 36.0 Å². The first-order valence-electron chi connectivity index (χ1n) is 12.4. The number of aliphatic hydroxyl groups is 1. The van der Waals surface area contributed by atoms with E-state index >= 15 is 0 Å². The maximum Gasteiger partial charge on any atom is 0.282 e. The van der Waals surface area contributed by atoms with E-state index in [1.165, 1.54) is 11.3 Å². The second-order valence-electron chi connectivity index (χ2n) is 9.91. The lowest BCUT2D eigenvalue weighted by Gasteiger charge is -2.18. The Morgan fingerprint density at radius 1 is 1.11 bits per heavy atom. The van der Waals surface area contributed by atoms with Gasteiger partial charge in [-0.2, -0.15) is 0 Å². The predicted octanol–water partition coefficient (Wildman–Crippen LogP) is 3.76. The first-order valence-corrected chi connectivity index (χ1v) is 13.6. The first kappa shape index (κ1) is 27.2. The van der Waals surface area contributed by atoms with Crippen molar-refractivity contribution in [3.05, 3.63) is 74.7 Å². The molecule has 1 fully saturated rings. The van der Waals surface area contributed by atoms with Crippen LogP contribution in [0.1, 0.15) is 52.6 Å². The Morgan fingerprint density at radius 2 is 1.81 bits per heavy atom. The van der Waals surface area contributed by atoms with Gasteiger partial charge in [0.05, 0.1) is 11.6 Å². The maximum absolute atomic E-state index is 12.7. The van der Waals surface area contributed by atoms with Crippen LogP contribution in [0.5, 0.6) is 0 Å². The molecule has 0 spiro atoms. The molecular weight excluding hydrogens is 510 g/mol. The number of benzene rings is 2. The Balaban J connectivity index is 1.25. The molecule has 0 bridgehead atoms. The lowest BCUT2D eigenvalue weighted by atomic mass is 10.1. The maximum atomic E-state index is 12.7. The van der Waals surface area contributed by atoms with E-state index in [1.54, 1.807) is 18.7 Å². The Morgan fingerprint density at radius 3 is 2.51 bits per heavy atom. The summed E-state index contributed by atoms with van der Waals surface area (Å²) >= 11 is 7.21. The number of nitrogens with one attached hydrogen (secondary N) is 2. The van der Waals surface area contributed by atoms with Crippen molar-refractivity contribution in [3.63, 3.8) is 0 Å². The molecule has 1 aromatic heterocycles. The van der Waals surface area contributed by atoms with Crippen LogP contribution in [0.2, 0.25) is 5.02 Å². The summed E-state index contributed by atoms with van der Waals surface area (Å²) in [4.78, 5) is 27.1. The molecule has 3 aromatic rings. The highest BCUT2D eigenvalue weighted by atomic mass is 35.5. The molecule has 8 nitrogen and oxygen atoms in total. The van der Waals surface area contributed by atoms with Crippen LogP contribution in [0.4, 0.5) is 5.69 Å². The molecule has 1 aliphatic heterocycles. The van der Waals surface area contributed by atoms with E-state index in [1.807, 2.05) is 48.5 Å². The quantitative estimate of drug-likeness (QED) is 0.319. The van der Waals surface area contributed by atoms with Gasteiger partial charge in [-0.25, -0.2) is 0 Å². The van der Waals surface area contributed by atoms with E-state index in [9.17, 15) is 14.7 Å². The number of halogens is 1. The highest BCUT2D eigenvalue weighted by Crippen LogP contribution is 2.23. The molecule has 2 aromatic carbocycles. The summed E-state index contributed by atoms with van der Waals surface area (Å²) in [5.41, 5.74) is 2.36. The summed E-state index contributed by atoms with van der Waals surface area (Å²) in [6.07, 6.45) is 2.39. The molecule has 37 heavy (non-hydrogen) atoms. The average molecular weight is 542 g/mol. The molecular formula is C27H32ClN5O3S. The fourth-order valence-electron chi connectivity index (χ4n) is 4.07. The lowest BCUT2D eigenvalue weighted by molar-refractivity contribution is -0.117. The molecule has 0 radical (unpaired) electrons. The summed E-state index contributed by atoms with van der Waals surface area (Å²) in [6, 6.07) is 15.2. The third-order valence-corrected chi connectivity index (χ3v) is 7.39. The van der Waals surface area contributed by atoms with Crippen LogP contribution in [0.25, 0.3) is 0 Å². The van der Waals surface area contributed by atoms with Crippen LogP contribution in [0, 0.1) is 0 Å². The molecule has 1 atom stereocenters. The standard InChI is InChI=1S/C27H32ClN5O3S/c1-27(2,36)13-14-29-16-19-5-10-22(11-6-19)33-17-21(15-24(33)34)30-25(35)26-32-31-23(37-26)12-7-18-3-8-20(28)9-4-18/h3-6,8-11,21,29,36H,7,12-17H2,1-2H3,(H,30,35)/t21-/m1/s1. The number of anilines is 1. The third kappa shape index (κ3) is 8.07. The van der Waals surface area contributed by atoms with Crippen LogP contribution >= 0.6 is 22.9 Å². The van der Waals surface area contributed by atoms with Gasteiger partial charge in [0.15, 0.2) is 0 Å². The molecule has 1 aliphatic rings. The number of carbonyl (C=O) groups is 2. The second-order valence-corrected chi connectivity index (χ2v) is 11.4.